The second kappa shape index (κ2) is 5.10. The van der Waals surface area contributed by atoms with Crippen LogP contribution in [0.1, 0.15) is 0 Å². The van der Waals surface area contributed by atoms with Crippen molar-refractivity contribution in [1.82, 2.24) is 29.7 Å². The van der Waals surface area contributed by atoms with Gasteiger partial charge < -0.3 is 0 Å². The van der Waals surface area contributed by atoms with Crippen LogP contribution >= 0.6 is 23.2 Å². The van der Waals surface area contributed by atoms with Gasteiger partial charge in [-0.3, -0.25) is 0 Å². The van der Waals surface area contributed by atoms with Crippen molar-refractivity contribution in [2.75, 3.05) is 0 Å². The van der Waals surface area contributed by atoms with E-state index in [2.05, 4.69) is 25.0 Å². The molecule has 0 radical (unpaired) electrons. The molecule has 20 heavy (non-hydrogen) atoms. The Balaban J connectivity index is 2.14. The monoisotopic (exact) mass is 310 g/mol. The van der Waals surface area contributed by atoms with Gasteiger partial charge >= 0.3 is 0 Å². The van der Waals surface area contributed by atoms with Gasteiger partial charge in [0, 0.05) is 10.6 Å². The first-order valence-electron chi connectivity index (χ1n) is 5.35. The van der Waals surface area contributed by atoms with Gasteiger partial charge in [0.15, 0.2) is 5.82 Å². The summed E-state index contributed by atoms with van der Waals surface area (Å²) >= 11 is 11.7. The number of benzene rings is 1. The van der Waals surface area contributed by atoms with Crippen molar-refractivity contribution in [3.8, 4) is 17.3 Å². The van der Waals surface area contributed by atoms with E-state index in [9.17, 15) is 4.39 Å². The van der Waals surface area contributed by atoms with E-state index in [0.29, 0.717) is 5.56 Å². The summed E-state index contributed by atoms with van der Waals surface area (Å²) in [6, 6.07) is 3.97. The highest BCUT2D eigenvalue weighted by Gasteiger charge is 2.11. The van der Waals surface area contributed by atoms with Gasteiger partial charge in [-0.25, -0.2) is 9.37 Å². The van der Waals surface area contributed by atoms with Gasteiger partial charge in [-0.05, 0) is 29.8 Å². The van der Waals surface area contributed by atoms with Crippen LogP contribution in [0.25, 0.3) is 17.3 Å². The van der Waals surface area contributed by atoms with Crippen LogP contribution in [-0.4, -0.2) is 29.7 Å². The molecule has 1 aromatic carbocycles. The number of nitrogens with zero attached hydrogens (tertiary/aromatic N) is 6. The first-order valence-corrected chi connectivity index (χ1v) is 6.10. The fraction of sp³-hybridized carbons (Fsp3) is 0. The molecule has 0 aliphatic carbocycles. The zero-order chi connectivity index (χ0) is 14.1. The first-order chi connectivity index (χ1) is 9.61. The molecule has 0 unspecified atom stereocenters. The fourth-order valence-corrected chi connectivity index (χ4v) is 1.94. The Hall–Kier alpha value is -2.12. The first kappa shape index (κ1) is 12.9. The predicted molar refractivity (Wildman–Crippen MR) is 70.2 cm³/mol. The minimum Gasteiger partial charge on any atom is -0.223 e. The van der Waals surface area contributed by atoms with Crippen LogP contribution < -0.4 is 0 Å². The Morgan fingerprint density at radius 3 is 2.60 bits per heavy atom. The molecule has 0 saturated heterocycles. The summed E-state index contributed by atoms with van der Waals surface area (Å²) in [5.41, 5.74) is 0.390. The van der Waals surface area contributed by atoms with Crippen molar-refractivity contribution in [3.05, 3.63) is 47.0 Å². The Morgan fingerprint density at radius 1 is 1.05 bits per heavy atom. The zero-order valence-corrected chi connectivity index (χ0v) is 11.2. The van der Waals surface area contributed by atoms with Crippen molar-refractivity contribution in [3.63, 3.8) is 0 Å². The van der Waals surface area contributed by atoms with Gasteiger partial charge in [-0.15, -0.1) is 0 Å². The molecular weight excluding hydrogens is 306 g/mol. The molecule has 0 amide bonds. The lowest BCUT2D eigenvalue weighted by Crippen LogP contribution is -2.05. The number of hydrogen-bond acceptors (Lipinski definition) is 5. The van der Waals surface area contributed by atoms with E-state index in [1.165, 1.54) is 35.5 Å². The van der Waals surface area contributed by atoms with E-state index in [1.54, 1.807) is 0 Å². The predicted octanol–water partition coefficient (Wildman–Crippen LogP) is 2.57. The quantitative estimate of drug-likeness (QED) is 0.727. The second-order valence-electron chi connectivity index (χ2n) is 3.73. The summed E-state index contributed by atoms with van der Waals surface area (Å²) < 4.78 is 14.7. The highest BCUT2D eigenvalue weighted by molar-refractivity contribution is 6.30. The largest absolute Gasteiger partial charge is 0.256 e. The molecule has 3 aromatic rings. The Bertz CT molecular complexity index is 741. The molecule has 9 heteroatoms. The second-order valence-corrected chi connectivity index (χ2v) is 4.50. The number of hydrogen-bond donors (Lipinski definition) is 0. The average molecular weight is 311 g/mol. The van der Waals surface area contributed by atoms with Crippen molar-refractivity contribution in [2.45, 2.75) is 0 Å². The van der Waals surface area contributed by atoms with Crippen molar-refractivity contribution in [1.29, 1.82) is 0 Å². The molecule has 0 bridgehead atoms. The molecule has 2 aromatic heterocycles. The van der Waals surface area contributed by atoms with Gasteiger partial charge in [0.2, 0.25) is 5.28 Å². The molecule has 100 valence electrons. The lowest BCUT2D eigenvalue weighted by atomic mass is 10.2. The summed E-state index contributed by atoms with van der Waals surface area (Å²) in [4.78, 5) is 15.8. The van der Waals surface area contributed by atoms with Crippen molar-refractivity contribution < 1.29 is 4.39 Å². The SMILES string of the molecule is Fc1cc(Cl)cc(-c2nc(Cl)nc(-n3cncn3)n2)c1. The lowest BCUT2D eigenvalue weighted by Gasteiger charge is -2.04. The Kier molecular flexibility index (Phi) is 3.29. The summed E-state index contributed by atoms with van der Waals surface area (Å²) in [5.74, 6) is -0.124. The summed E-state index contributed by atoms with van der Waals surface area (Å²) in [6.45, 7) is 0. The topological polar surface area (TPSA) is 69.4 Å². The van der Waals surface area contributed by atoms with E-state index >= 15 is 0 Å². The average Bonchev–Trinajstić information content (AvgIpc) is 2.90. The molecule has 0 fully saturated rings. The summed E-state index contributed by atoms with van der Waals surface area (Å²) in [7, 11) is 0. The van der Waals surface area contributed by atoms with Crippen LogP contribution in [0.3, 0.4) is 0 Å². The highest BCUT2D eigenvalue weighted by Crippen LogP contribution is 2.22. The van der Waals surface area contributed by atoms with Crippen molar-refractivity contribution in [2.24, 2.45) is 0 Å². The van der Waals surface area contributed by atoms with Crippen LogP contribution in [0, 0.1) is 5.82 Å². The normalized spacial score (nSPS) is 10.8. The van der Waals surface area contributed by atoms with Crippen LogP contribution in [0.15, 0.2) is 30.9 Å². The van der Waals surface area contributed by atoms with E-state index in [1.807, 2.05) is 0 Å². The van der Waals surface area contributed by atoms with Gasteiger partial charge in [0.05, 0.1) is 0 Å². The molecule has 0 aliphatic heterocycles. The third-order valence-corrected chi connectivity index (χ3v) is 2.73. The maximum atomic E-state index is 13.4. The maximum absolute atomic E-state index is 13.4. The maximum Gasteiger partial charge on any atom is 0.256 e. The van der Waals surface area contributed by atoms with Crippen LogP contribution in [0.4, 0.5) is 4.39 Å². The molecule has 2 heterocycles. The van der Waals surface area contributed by atoms with Gasteiger partial charge in [0.1, 0.15) is 18.5 Å². The van der Waals surface area contributed by atoms with Crippen LogP contribution in [0.5, 0.6) is 0 Å². The third-order valence-electron chi connectivity index (χ3n) is 2.34. The van der Waals surface area contributed by atoms with Crippen molar-refractivity contribution >= 4 is 23.2 Å². The molecule has 3 rings (SSSR count). The van der Waals surface area contributed by atoms with E-state index in [0.717, 1.165) is 0 Å². The smallest absolute Gasteiger partial charge is 0.223 e. The molecule has 0 spiro atoms. The van der Waals surface area contributed by atoms with Gasteiger partial charge in [-0.1, -0.05) is 11.6 Å². The van der Waals surface area contributed by atoms with E-state index < -0.39 is 5.82 Å². The molecule has 0 saturated carbocycles. The number of aromatic nitrogens is 6. The molecule has 6 nitrogen and oxygen atoms in total. The van der Waals surface area contributed by atoms with Gasteiger partial charge in [0.25, 0.3) is 5.95 Å². The van der Waals surface area contributed by atoms with Gasteiger partial charge in [-0.2, -0.15) is 24.7 Å². The highest BCUT2D eigenvalue weighted by atomic mass is 35.5. The summed E-state index contributed by atoms with van der Waals surface area (Å²) in [5, 5.41) is 4.09. The van der Waals surface area contributed by atoms with Crippen LogP contribution in [0.2, 0.25) is 10.3 Å². The van der Waals surface area contributed by atoms with E-state index in [-0.39, 0.29) is 22.1 Å². The number of rotatable bonds is 2. The lowest BCUT2D eigenvalue weighted by molar-refractivity contribution is 0.628. The minimum absolute atomic E-state index is 0.0408. The molecular formula is C11H5Cl2FN6. The Morgan fingerprint density at radius 2 is 1.90 bits per heavy atom. The minimum atomic E-state index is -0.494. The molecule has 0 aliphatic rings. The van der Waals surface area contributed by atoms with Crippen LogP contribution in [-0.2, 0) is 0 Å². The molecule has 0 atom stereocenters. The molecule has 0 N–H and O–H groups in total. The Labute approximate surface area is 122 Å². The van der Waals surface area contributed by atoms with E-state index in [4.69, 9.17) is 23.2 Å². The standard InChI is InChI=1S/C11H5Cl2FN6/c12-7-1-6(2-8(14)3-7)9-17-10(13)19-11(18-9)20-5-15-4-16-20/h1-5H. The third kappa shape index (κ3) is 2.59. The summed E-state index contributed by atoms with van der Waals surface area (Å²) in [6.07, 6.45) is 2.74. The fourth-order valence-electron chi connectivity index (χ4n) is 1.57. The number of halogens is 3. The zero-order valence-electron chi connectivity index (χ0n) is 9.70.